The van der Waals surface area contributed by atoms with Crippen LogP contribution in [0.2, 0.25) is 0 Å². The number of benzene rings is 8. The van der Waals surface area contributed by atoms with E-state index in [-0.39, 0.29) is 6.17 Å². The summed E-state index contributed by atoms with van der Waals surface area (Å²) in [4.78, 5) is 10.4. The van der Waals surface area contributed by atoms with Crippen molar-refractivity contribution >= 4 is 122 Å². The zero-order valence-corrected chi connectivity index (χ0v) is 34.9. The van der Waals surface area contributed by atoms with E-state index in [1.807, 2.05) is 6.07 Å². The van der Waals surface area contributed by atoms with Crippen molar-refractivity contribution in [3.63, 3.8) is 0 Å². The summed E-state index contributed by atoms with van der Waals surface area (Å²) in [5.41, 5.74) is 19.8. The predicted molar refractivity (Wildman–Crippen MR) is 272 cm³/mol. The lowest BCUT2D eigenvalue weighted by atomic mass is 9.59. The van der Waals surface area contributed by atoms with E-state index in [1.54, 1.807) is 0 Å². The molecule has 5 nitrogen and oxygen atoms in total. The molecule has 1 aliphatic heterocycles. The fraction of sp³-hybridized carbons (Fsp3) is 0.0196. The van der Waals surface area contributed by atoms with Gasteiger partial charge in [-0.2, -0.15) is 0 Å². The van der Waals surface area contributed by atoms with E-state index >= 15 is 0 Å². The third-order valence-corrected chi connectivity index (χ3v) is 13.1. The second-order valence-corrected chi connectivity index (χ2v) is 16.4. The zero-order chi connectivity index (χ0) is 41.4. The summed E-state index contributed by atoms with van der Waals surface area (Å²) < 4.78 is 8.80. The van der Waals surface area contributed by atoms with Crippen LogP contribution in [0.4, 0.5) is 0 Å². The van der Waals surface area contributed by atoms with Gasteiger partial charge in [0.1, 0.15) is 62.4 Å². The third-order valence-electron chi connectivity index (χ3n) is 13.1. The van der Waals surface area contributed by atoms with Crippen molar-refractivity contribution in [1.29, 1.82) is 0 Å². The number of aliphatic imine (C=N–C) groups is 2. The second kappa shape index (κ2) is 14.5. The smallest absolute Gasteiger partial charge is 0.159 e. The topological polar surface area (TPSA) is 54.8 Å². The molecule has 0 aliphatic carbocycles. The fourth-order valence-electron chi connectivity index (χ4n) is 9.36. The van der Waals surface area contributed by atoms with Gasteiger partial charge in [0.15, 0.2) is 5.84 Å². The zero-order valence-electron chi connectivity index (χ0n) is 34.9. The van der Waals surface area contributed by atoms with Crippen LogP contribution in [0.3, 0.4) is 0 Å². The number of para-hydroxylation sites is 2. The van der Waals surface area contributed by atoms with Crippen molar-refractivity contribution in [2.75, 3.05) is 0 Å². The van der Waals surface area contributed by atoms with Crippen molar-refractivity contribution in [3.05, 3.63) is 180 Å². The van der Waals surface area contributed by atoms with E-state index in [4.69, 9.17) is 14.4 Å². The molecular weight excluding hydrogens is 739 g/mol. The van der Waals surface area contributed by atoms with Gasteiger partial charge in [-0.15, -0.1) is 16.4 Å². The van der Waals surface area contributed by atoms with Gasteiger partial charge in [-0.1, -0.05) is 114 Å². The maximum Gasteiger partial charge on any atom is 0.159 e. The first-order valence-electron chi connectivity index (χ1n) is 21.0. The van der Waals surface area contributed by atoms with Gasteiger partial charge in [0.25, 0.3) is 0 Å². The summed E-state index contributed by atoms with van der Waals surface area (Å²) in [5.74, 6) is 1.47. The molecule has 10 heteroatoms. The lowest BCUT2D eigenvalue weighted by molar-refractivity contribution is 0.668. The van der Waals surface area contributed by atoms with Gasteiger partial charge < -0.3 is 14.3 Å². The predicted octanol–water partition coefficient (Wildman–Crippen LogP) is 3.80. The second-order valence-electron chi connectivity index (χ2n) is 16.4. The van der Waals surface area contributed by atoms with Gasteiger partial charge in [0.2, 0.25) is 0 Å². The standard InChI is InChI=1S/C51H39B5N4O/c52-44-43(45(53)47(55)48(56)46(44)54)28-15-17-30(18-16-28)50-57-49(29-9-3-1-4-10-29)58-51(59-50)33-21-24-42-38(27-33)37-26-32(20-23-41(37)61-42)31-19-22-40-36(25-31)35-13-7-8-14-39(35)60(40)34-11-5-2-6-12-34/h1-27,49H,52-56H2,(H,57,58,59). The molecule has 61 heavy (non-hydrogen) atoms. The Balaban J connectivity index is 0.987. The van der Waals surface area contributed by atoms with Crippen LogP contribution >= 0.6 is 0 Å². The first-order chi connectivity index (χ1) is 29.8. The molecule has 1 unspecified atom stereocenters. The van der Waals surface area contributed by atoms with Crippen molar-refractivity contribution in [1.82, 2.24) is 9.88 Å². The van der Waals surface area contributed by atoms with Gasteiger partial charge >= 0.3 is 0 Å². The minimum atomic E-state index is -0.304. The van der Waals surface area contributed by atoms with E-state index in [1.165, 1.54) is 60.2 Å². The highest BCUT2D eigenvalue weighted by Gasteiger charge is 2.23. The largest absolute Gasteiger partial charge is 0.456 e. The minimum Gasteiger partial charge on any atom is -0.456 e. The maximum atomic E-state index is 6.44. The SMILES string of the molecule is Bc1c(B)c(B)c(-c2ccc(C3=NC(c4ccccc4)NC(c4ccc5oc6ccc(-c7ccc8c(c7)c7ccccc7n8-c7ccccc7)cc6c5c4)=N3)cc2)c(B)c1B. The molecule has 3 heterocycles. The molecule has 0 bridgehead atoms. The number of fused-ring (bicyclic) bond motifs is 6. The normalized spacial score (nSPS) is 14.1. The Labute approximate surface area is 359 Å². The van der Waals surface area contributed by atoms with E-state index < -0.39 is 0 Å². The van der Waals surface area contributed by atoms with Crippen molar-refractivity contribution < 1.29 is 4.42 Å². The number of hydrogen-bond acceptors (Lipinski definition) is 4. The summed E-state index contributed by atoms with van der Waals surface area (Å²) in [6, 6.07) is 58.1. The highest BCUT2D eigenvalue weighted by molar-refractivity contribution is 6.68. The van der Waals surface area contributed by atoms with E-state index in [0.717, 1.165) is 61.3 Å². The van der Waals surface area contributed by atoms with Crippen LogP contribution in [-0.2, 0) is 0 Å². The maximum absolute atomic E-state index is 6.44. The van der Waals surface area contributed by atoms with Crippen LogP contribution in [0.5, 0.6) is 0 Å². The molecule has 1 atom stereocenters. The first-order valence-corrected chi connectivity index (χ1v) is 21.0. The van der Waals surface area contributed by atoms with Crippen LogP contribution in [0.1, 0.15) is 22.9 Å². The fourth-order valence-corrected chi connectivity index (χ4v) is 9.36. The minimum absolute atomic E-state index is 0.304. The van der Waals surface area contributed by atoms with Gasteiger partial charge in [-0.3, -0.25) is 0 Å². The molecule has 284 valence electrons. The molecule has 0 saturated carbocycles. The first kappa shape index (κ1) is 36.9. The highest BCUT2D eigenvalue weighted by atomic mass is 16.3. The molecule has 11 rings (SSSR count). The van der Waals surface area contributed by atoms with Crippen LogP contribution in [0, 0.1) is 0 Å². The average molecular weight is 778 g/mol. The number of rotatable bonds is 6. The Hall–Kier alpha value is -7.18. The molecule has 2 aromatic heterocycles. The van der Waals surface area contributed by atoms with Crippen LogP contribution in [-0.4, -0.2) is 55.5 Å². The number of amidine groups is 2. The van der Waals surface area contributed by atoms with Crippen molar-refractivity contribution in [3.8, 4) is 27.9 Å². The van der Waals surface area contributed by atoms with Gasteiger partial charge in [-0.25, -0.2) is 9.98 Å². The molecule has 0 saturated heterocycles. The van der Waals surface area contributed by atoms with Crippen molar-refractivity contribution in [2.45, 2.75) is 6.17 Å². The number of nitrogens with one attached hydrogen (secondary N) is 1. The number of hydrogen-bond donors (Lipinski definition) is 1. The van der Waals surface area contributed by atoms with Gasteiger partial charge in [-0.05, 0) is 88.5 Å². The Morgan fingerprint density at radius 1 is 0.459 bits per heavy atom. The molecule has 0 fully saturated rings. The molecular formula is C51H39B5N4O. The molecule has 8 aromatic carbocycles. The quantitative estimate of drug-likeness (QED) is 0.262. The Morgan fingerprint density at radius 3 is 1.69 bits per heavy atom. The molecule has 10 aromatic rings. The lowest BCUT2D eigenvalue weighted by Gasteiger charge is -2.24. The Morgan fingerprint density at radius 2 is 0.984 bits per heavy atom. The van der Waals surface area contributed by atoms with Gasteiger partial charge in [0, 0.05) is 38.4 Å². The summed E-state index contributed by atoms with van der Waals surface area (Å²) in [6.45, 7) is 0. The third kappa shape index (κ3) is 6.16. The van der Waals surface area contributed by atoms with Crippen LogP contribution in [0.25, 0.3) is 71.7 Å². The summed E-state index contributed by atoms with van der Waals surface area (Å²) >= 11 is 0. The van der Waals surface area contributed by atoms with E-state index in [9.17, 15) is 0 Å². The van der Waals surface area contributed by atoms with Crippen LogP contribution < -0.4 is 32.6 Å². The summed E-state index contributed by atoms with van der Waals surface area (Å²) in [6.07, 6.45) is -0.304. The van der Waals surface area contributed by atoms with Crippen LogP contribution in [0.15, 0.2) is 178 Å². The van der Waals surface area contributed by atoms with Crippen molar-refractivity contribution in [2.24, 2.45) is 9.98 Å². The molecule has 1 N–H and O–H groups in total. The highest BCUT2D eigenvalue weighted by Crippen LogP contribution is 2.37. The molecule has 0 spiro atoms. The molecule has 1 aliphatic rings. The monoisotopic (exact) mass is 778 g/mol. The number of furan rings is 1. The number of aromatic nitrogens is 1. The number of nitrogens with zero attached hydrogens (tertiary/aromatic N) is 3. The lowest BCUT2D eigenvalue weighted by Crippen LogP contribution is -2.55. The Bertz CT molecular complexity index is 3420. The average Bonchev–Trinajstić information content (AvgIpc) is 3.85. The summed E-state index contributed by atoms with van der Waals surface area (Å²) in [7, 11) is 11.2. The molecule has 0 amide bonds. The van der Waals surface area contributed by atoms with E-state index in [2.05, 4.69) is 207 Å². The Kier molecular flexibility index (Phi) is 8.78. The van der Waals surface area contributed by atoms with Gasteiger partial charge in [0.05, 0.1) is 11.0 Å². The molecule has 0 radical (unpaired) electrons. The van der Waals surface area contributed by atoms with E-state index in [0.29, 0.717) is 5.84 Å². The summed E-state index contributed by atoms with van der Waals surface area (Å²) in [5, 5.41) is 8.24.